The normalized spacial score (nSPS) is 10.5. The molecule has 0 fully saturated rings. The lowest BCUT2D eigenvalue weighted by Gasteiger charge is -2.09. The van der Waals surface area contributed by atoms with Crippen LogP contribution in [0, 0.1) is 0 Å². The topological polar surface area (TPSA) is 30.5 Å². The van der Waals surface area contributed by atoms with Gasteiger partial charge in [-0.3, -0.25) is 0 Å². The summed E-state index contributed by atoms with van der Waals surface area (Å²) in [5.74, 6) is 1.62. The monoisotopic (exact) mass is 265 g/mol. The van der Waals surface area contributed by atoms with Gasteiger partial charge in [0.25, 0.3) is 0 Å². The molecule has 0 unspecified atom stereocenters. The number of ether oxygens (including phenoxy) is 2. The van der Waals surface area contributed by atoms with Gasteiger partial charge in [-0.15, -0.1) is 0 Å². The van der Waals surface area contributed by atoms with Crippen molar-refractivity contribution in [1.29, 1.82) is 0 Å². The van der Waals surface area contributed by atoms with Gasteiger partial charge in [-0.25, -0.2) is 0 Å². The van der Waals surface area contributed by atoms with E-state index in [1.807, 2.05) is 6.07 Å². The lowest BCUT2D eigenvalue weighted by Crippen LogP contribution is -2.15. The lowest BCUT2D eigenvalue weighted by atomic mass is 10.1. The largest absolute Gasteiger partial charge is 0.493 e. The first-order valence-corrected chi connectivity index (χ1v) is 7.23. The van der Waals surface area contributed by atoms with Crippen LogP contribution < -0.4 is 14.8 Å². The van der Waals surface area contributed by atoms with Crippen molar-refractivity contribution in [3.8, 4) is 11.5 Å². The molecule has 0 radical (unpaired) electrons. The zero-order valence-electron chi connectivity index (χ0n) is 12.5. The quantitative estimate of drug-likeness (QED) is 0.658. The molecule has 0 atom stereocenters. The van der Waals surface area contributed by atoms with Gasteiger partial charge in [-0.05, 0) is 56.5 Å². The van der Waals surface area contributed by atoms with E-state index >= 15 is 0 Å². The Morgan fingerprint density at radius 2 is 1.74 bits per heavy atom. The van der Waals surface area contributed by atoms with Gasteiger partial charge in [-0.1, -0.05) is 19.4 Å². The summed E-state index contributed by atoms with van der Waals surface area (Å²) in [5, 5.41) is 3.43. The highest BCUT2D eigenvalue weighted by Gasteiger charge is 2.04. The molecule has 0 saturated heterocycles. The Labute approximate surface area is 117 Å². The van der Waals surface area contributed by atoms with Crippen LogP contribution >= 0.6 is 0 Å². The van der Waals surface area contributed by atoms with E-state index in [9.17, 15) is 0 Å². The minimum Gasteiger partial charge on any atom is -0.493 e. The number of rotatable bonds is 10. The highest BCUT2D eigenvalue weighted by Crippen LogP contribution is 2.28. The third-order valence-corrected chi connectivity index (χ3v) is 3.19. The van der Waals surface area contributed by atoms with Crippen molar-refractivity contribution in [3.05, 3.63) is 23.8 Å². The zero-order chi connectivity index (χ0) is 13.9. The summed E-state index contributed by atoms with van der Waals surface area (Å²) in [7, 11) is 3.35. The second-order valence-corrected chi connectivity index (χ2v) is 4.75. The summed E-state index contributed by atoms with van der Waals surface area (Å²) in [5.41, 5.74) is 1.32. The first-order valence-electron chi connectivity index (χ1n) is 7.23. The fraction of sp³-hybridized carbons (Fsp3) is 0.625. The minimum absolute atomic E-state index is 0.801. The molecule has 1 rings (SSSR count). The van der Waals surface area contributed by atoms with Crippen LogP contribution in [0.3, 0.4) is 0 Å². The molecule has 19 heavy (non-hydrogen) atoms. The van der Waals surface area contributed by atoms with E-state index in [2.05, 4.69) is 24.4 Å². The first-order chi connectivity index (χ1) is 9.31. The molecule has 3 nitrogen and oxygen atoms in total. The molecule has 0 aliphatic rings. The second kappa shape index (κ2) is 9.68. The van der Waals surface area contributed by atoms with Gasteiger partial charge in [0, 0.05) is 0 Å². The lowest BCUT2D eigenvalue weighted by molar-refractivity contribution is 0.354. The van der Waals surface area contributed by atoms with E-state index in [4.69, 9.17) is 9.47 Å². The van der Waals surface area contributed by atoms with Gasteiger partial charge < -0.3 is 14.8 Å². The van der Waals surface area contributed by atoms with Crippen LogP contribution in [-0.4, -0.2) is 27.3 Å². The molecule has 0 saturated carbocycles. The summed E-state index contributed by atoms with van der Waals surface area (Å²) in [6.07, 6.45) is 6.07. The molecule has 108 valence electrons. The molecule has 0 bridgehead atoms. The average molecular weight is 265 g/mol. The van der Waals surface area contributed by atoms with Crippen molar-refractivity contribution >= 4 is 0 Å². The van der Waals surface area contributed by atoms with Crippen molar-refractivity contribution in [2.24, 2.45) is 0 Å². The molecule has 1 aromatic rings. The highest BCUT2D eigenvalue weighted by atomic mass is 16.5. The summed E-state index contributed by atoms with van der Waals surface area (Å²) in [6.45, 7) is 4.47. The Morgan fingerprint density at radius 3 is 2.42 bits per heavy atom. The molecule has 0 spiro atoms. The van der Waals surface area contributed by atoms with Crippen LogP contribution in [0.1, 0.15) is 38.2 Å². The fourth-order valence-electron chi connectivity index (χ4n) is 2.09. The Balaban J connectivity index is 2.26. The molecular weight excluding hydrogens is 238 g/mol. The van der Waals surface area contributed by atoms with Crippen LogP contribution in [0.4, 0.5) is 0 Å². The van der Waals surface area contributed by atoms with Crippen LogP contribution in [0.25, 0.3) is 0 Å². The van der Waals surface area contributed by atoms with Gasteiger partial charge in [0.1, 0.15) is 0 Å². The summed E-state index contributed by atoms with van der Waals surface area (Å²) >= 11 is 0. The highest BCUT2D eigenvalue weighted by molar-refractivity contribution is 5.42. The molecule has 3 heteroatoms. The van der Waals surface area contributed by atoms with Crippen molar-refractivity contribution in [2.45, 2.75) is 39.0 Å². The Bertz CT molecular complexity index is 353. The Hall–Kier alpha value is -1.22. The van der Waals surface area contributed by atoms with Crippen molar-refractivity contribution < 1.29 is 9.47 Å². The average Bonchev–Trinajstić information content (AvgIpc) is 2.46. The van der Waals surface area contributed by atoms with Crippen LogP contribution in [0.15, 0.2) is 18.2 Å². The number of nitrogens with one attached hydrogen (secondary N) is 1. The molecule has 0 aromatic heterocycles. The fourth-order valence-corrected chi connectivity index (χ4v) is 2.09. The third-order valence-electron chi connectivity index (χ3n) is 3.19. The Kier molecular flexibility index (Phi) is 8.07. The summed E-state index contributed by atoms with van der Waals surface area (Å²) in [4.78, 5) is 0. The molecular formula is C16H27NO2. The van der Waals surface area contributed by atoms with Crippen molar-refractivity contribution in [3.63, 3.8) is 0 Å². The number of aryl methyl sites for hydroxylation is 1. The number of methoxy groups -OCH3 is 2. The van der Waals surface area contributed by atoms with Gasteiger partial charge in [0.2, 0.25) is 0 Å². The van der Waals surface area contributed by atoms with E-state index in [0.717, 1.165) is 31.0 Å². The van der Waals surface area contributed by atoms with Gasteiger partial charge >= 0.3 is 0 Å². The third kappa shape index (κ3) is 5.97. The van der Waals surface area contributed by atoms with E-state index in [-0.39, 0.29) is 0 Å². The maximum Gasteiger partial charge on any atom is 0.160 e. The van der Waals surface area contributed by atoms with Gasteiger partial charge in [-0.2, -0.15) is 0 Å². The van der Waals surface area contributed by atoms with Crippen molar-refractivity contribution in [1.82, 2.24) is 5.32 Å². The van der Waals surface area contributed by atoms with E-state index in [1.165, 1.54) is 31.2 Å². The summed E-state index contributed by atoms with van der Waals surface area (Å²) in [6, 6.07) is 6.18. The molecule has 0 heterocycles. The smallest absolute Gasteiger partial charge is 0.160 e. The maximum atomic E-state index is 5.31. The zero-order valence-corrected chi connectivity index (χ0v) is 12.5. The number of benzene rings is 1. The van der Waals surface area contributed by atoms with E-state index < -0.39 is 0 Å². The standard InChI is InChI=1S/C16H27NO2/c1-4-11-17-12-7-5-6-8-14-9-10-15(18-2)16(13-14)19-3/h9-10,13,17H,4-8,11-12H2,1-3H3. The van der Waals surface area contributed by atoms with Crippen LogP contribution in [0.5, 0.6) is 11.5 Å². The molecule has 1 aromatic carbocycles. The van der Waals surface area contributed by atoms with Crippen molar-refractivity contribution in [2.75, 3.05) is 27.3 Å². The number of hydrogen-bond donors (Lipinski definition) is 1. The van der Waals surface area contributed by atoms with Gasteiger partial charge in [0.05, 0.1) is 14.2 Å². The predicted molar refractivity (Wildman–Crippen MR) is 80.3 cm³/mol. The minimum atomic E-state index is 0.801. The van der Waals surface area contributed by atoms with Gasteiger partial charge in [0.15, 0.2) is 11.5 Å². The molecule has 0 aliphatic heterocycles. The van der Waals surface area contributed by atoms with E-state index in [1.54, 1.807) is 14.2 Å². The second-order valence-electron chi connectivity index (χ2n) is 4.75. The number of hydrogen-bond acceptors (Lipinski definition) is 3. The molecule has 1 N–H and O–H groups in total. The summed E-state index contributed by atoms with van der Waals surface area (Å²) < 4.78 is 10.6. The maximum absolute atomic E-state index is 5.31. The van der Waals surface area contributed by atoms with E-state index in [0.29, 0.717) is 0 Å². The predicted octanol–water partition coefficient (Wildman–Crippen LogP) is 3.42. The molecule has 0 amide bonds. The van der Waals surface area contributed by atoms with Crippen LogP contribution in [0.2, 0.25) is 0 Å². The van der Waals surface area contributed by atoms with Crippen LogP contribution in [-0.2, 0) is 6.42 Å². The Morgan fingerprint density at radius 1 is 0.947 bits per heavy atom. The first kappa shape index (κ1) is 15.8. The SMILES string of the molecule is CCCNCCCCCc1ccc(OC)c(OC)c1. The molecule has 0 aliphatic carbocycles. The number of unbranched alkanes of at least 4 members (excludes halogenated alkanes) is 2.